The van der Waals surface area contributed by atoms with Gasteiger partial charge in [0.25, 0.3) is 5.91 Å². The number of benzene rings is 1. The molecule has 20 heavy (non-hydrogen) atoms. The van der Waals surface area contributed by atoms with Gasteiger partial charge in [0.1, 0.15) is 0 Å². The summed E-state index contributed by atoms with van der Waals surface area (Å²) in [4.78, 5) is 34.1. The molecule has 0 unspecified atom stereocenters. The number of rotatable bonds is 7. The zero-order chi connectivity index (χ0) is 14.8. The summed E-state index contributed by atoms with van der Waals surface area (Å²) >= 11 is 0. The number of amides is 2. The summed E-state index contributed by atoms with van der Waals surface area (Å²) in [7, 11) is 0. The van der Waals surface area contributed by atoms with Gasteiger partial charge in [-0.1, -0.05) is 36.4 Å². The number of nitrogens with one attached hydrogen (secondary N) is 2. The van der Waals surface area contributed by atoms with Gasteiger partial charge in [0.05, 0.1) is 0 Å². The molecule has 0 spiro atoms. The fraction of sp³-hybridized carbons (Fsp3) is 0.267. The molecule has 0 aliphatic carbocycles. The first-order valence-electron chi connectivity index (χ1n) is 6.45. The van der Waals surface area contributed by atoms with Crippen LogP contribution in [0.4, 0.5) is 0 Å². The number of hydrogen-bond acceptors (Lipinski definition) is 3. The molecule has 0 aliphatic rings. The van der Waals surface area contributed by atoms with E-state index in [1.807, 2.05) is 37.3 Å². The van der Waals surface area contributed by atoms with Crippen molar-refractivity contribution in [2.24, 2.45) is 0 Å². The fourth-order valence-electron chi connectivity index (χ4n) is 1.47. The standard InChI is InChI=1S/C15H18N2O3/c1-2-16-14(19)10-11-17-15(20)13(18)9-8-12-6-4-3-5-7-12/h3-9H,2,10-11H2,1H3,(H,16,19)(H,17,20)/b9-8+. The monoisotopic (exact) mass is 274 g/mol. The third kappa shape index (κ3) is 5.95. The quantitative estimate of drug-likeness (QED) is 0.573. The van der Waals surface area contributed by atoms with E-state index in [1.165, 1.54) is 6.08 Å². The highest BCUT2D eigenvalue weighted by Gasteiger charge is 2.09. The average Bonchev–Trinajstić information content (AvgIpc) is 2.46. The Balaban J connectivity index is 2.35. The summed E-state index contributed by atoms with van der Waals surface area (Å²) in [6, 6.07) is 9.22. The van der Waals surface area contributed by atoms with Gasteiger partial charge in [-0.2, -0.15) is 0 Å². The van der Waals surface area contributed by atoms with Crippen LogP contribution in [0, 0.1) is 0 Å². The van der Waals surface area contributed by atoms with E-state index in [2.05, 4.69) is 10.6 Å². The van der Waals surface area contributed by atoms with Crippen molar-refractivity contribution < 1.29 is 14.4 Å². The fourth-order valence-corrected chi connectivity index (χ4v) is 1.47. The highest BCUT2D eigenvalue weighted by Crippen LogP contribution is 2.00. The molecule has 0 bridgehead atoms. The summed E-state index contributed by atoms with van der Waals surface area (Å²) < 4.78 is 0. The molecule has 5 nitrogen and oxygen atoms in total. The maximum atomic E-state index is 11.5. The van der Waals surface area contributed by atoms with E-state index in [0.29, 0.717) is 6.54 Å². The van der Waals surface area contributed by atoms with E-state index >= 15 is 0 Å². The van der Waals surface area contributed by atoms with Gasteiger partial charge in [-0.15, -0.1) is 0 Å². The van der Waals surface area contributed by atoms with Crippen molar-refractivity contribution in [2.75, 3.05) is 13.1 Å². The zero-order valence-corrected chi connectivity index (χ0v) is 11.4. The molecule has 0 saturated carbocycles. The van der Waals surface area contributed by atoms with Gasteiger partial charge in [0, 0.05) is 19.5 Å². The smallest absolute Gasteiger partial charge is 0.291 e. The van der Waals surface area contributed by atoms with Crippen LogP contribution in [0.3, 0.4) is 0 Å². The molecule has 2 N–H and O–H groups in total. The topological polar surface area (TPSA) is 75.3 Å². The molecule has 2 amide bonds. The van der Waals surface area contributed by atoms with Gasteiger partial charge in [0.15, 0.2) is 0 Å². The summed E-state index contributed by atoms with van der Waals surface area (Å²) in [5.74, 6) is -1.49. The zero-order valence-electron chi connectivity index (χ0n) is 11.4. The Morgan fingerprint density at radius 1 is 1.10 bits per heavy atom. The van der Waals surface area contributed by atoms with Crippen LogP contribution in [0.15, 0.2) is 36.4 Å². The Labute approximate surface area is 118 Å². The van der Waals surface area contributed by atoms with Gasteiger partial charge in [0.2, 0.25) is 11.7 Å². The van der Waals surface area contributed by atoms with E-state index in [0.717, 1.165) is 5.56 Å². The van der Waals surface area contributed by atoms with Crippen LogP contribution >= 0.6 is 0 Å². The molecule has 1 aromatic rings. The van der Waals surface area contributed by atoms with Crippen molar-refractivity contribution in [3.63, 3.8) is 0 Å². The van der Waals surface area contributed by atoms with Gasteiger partial charge in [-0.25, -0.2) is 0 Å². The normalized spacial score (nSPS) is 10.2. The van der Waals surface area contributed by atoms with Gasteiger partial charge in [-0.3, -0.25) is 14.4 Å². The SMILES string of the molecule is CCNC(=O)CCNC(=O)C(=O)/C=C/c1ccccc1. The van der Waals surface area contributed by atoms with Crippen LogP contribution in [0.5, 0.6) is 0 Å². The molecule has 0 saturated heterocycles. The Kier molecular flexibility index (Phi) is 6.75. The van der Waals surface area contributed by atoms with Crippen molar-refractivity contribution in [2.45, 2.75) is 13.3 Å². The van der Waals surface area contributed by atoms with Crippen molar-refractivity contribution in [3.05, 3.63) is 42.0 Å². The lowest BCUT2D eigenvalue weighted by molar-refractivity contribution is -0.135. The number of ketones is 1. The molecule has 0 fully saturated rings. The highest BCUT2D eigenvalue weighted by atomic mass is 16.2. The molecule has 1 rings (SSSR count). The minimum absolute atomic E-state index is 0.148. The first-order chi connectivity index (χ1) is 9.63. The Morgan fingerprint density at radius 2 is 1.80 bits per heavy atom. The van der Waals surface area contributed by atoms with Gasteiger partial charge < -0.3 is 10.6 Å². The lowest BCUT2D eigenvalue weighted by Gasteiger charge is -2.03. The lowest BCUT2D eigenvalue weighted by Crippen LogP contribution is -2.33. The van der Waals surface area contributed by atoms with E-state index in [9.17, 15) is 14.4 Å². The highest BCUT2D eigenvalue weighted by molar-refractivity contribution is 6.41. The second kappa shape index (κ2) is 8.63. The molecule has 0 atom stereocenters. The van der Waals surface area contributed by atoms with Crippen molar-refractivity contribution in [1.29, 1.82) is 0 Å². The molecule has 0 aliphatic heterocycles. The van der Waals surface area contributed by atoms with Crippen molar-refractivity contribution in [3.8, 4) is 0 Å². The summed E-state index contributed by atoms with van der Waals surface area (Å²) in [5.41, 5.74) is 0.843. The van der Waals surface area contributed by atoms with E-state index in [4.69, 9.17) is 0 Å². The first kappa shape index (κ1) is 15.6. The second-order valence-corrected chi connectivity index (χ2v) is 4.07. The molecule has 0 heterocycles. The van der Waals surface area contributed by atoms with Crippen LogP contribution in [-0.4, -0.2) is 30.7 Å². The molecular formula is C15H18N2O3. The predicted octanol–water partition coefficient (Wildman–Crippen LogP) is 0.911. The largest absolute Gasteiger partial charge is 0.356 e. The molecule has 0 radical (unpaired) electrons. The van der Waals surface area contributed by atoms with E-state index in [-0.39, 0.29) is 18.9 Å². The lowest BCUT2D eigenvalue weighted by atomic mass is 10.2. The molecule has 0 aromatic heterocycles. The molecule has 1 aromatic carbocycles. The summed E-state index contributed by atoms with van der Waals surface area (Å²) in [6.07, 6.45) is 2.96. The third-order valence-corrected chi connectivity index (χ3v) is 2.46. The van der Waals surface area contributed by atoms with E-state index < -0.39 is 11.7 Å². The van der Waals surface area contributed by atoms with Crippen LogP contribution in [0.1, 0.15) is 18.9 Å². The van der Waals surface area contributed by atoms with Gasteiger partial charge >= 0.3 is 0 Å². The van der Waals surface area contributed by atoms with Gasteiger partial charge in [-0.05, 0) is 18.6 Å². The second-order valence-electron chi connectivity index (χ2n) is 4.07. The minimum atomic E-state index is -0.707. The van der Waals surface area contributed by atoms with Crippen molar-refractivity contribution >= 4 is 23.7 Å². The summed E-state index contributed by atoms with van der Waals surface area (Å²) in [6.45, 7) is 2.51. The maximum Gasteiger partial charge on any atom is 0.291 e. The Morgan fingerprint density at radius 3 is 2.45 bits per heavy atom. The summed E-state index contributed by atoms with van der Waals surface area (Å²) in [5, 5.41) is 5.01. The number of carbonyl (C=O) groups is 3. The van der Waals surface area contributed by atoms with Crippen LogP contribution in [-0.2, 0) is 14.4 Å². The van der Waals surface area contributed by atoms with Crippen LogP contribution in [0.25, 0.3) is 6.08 Å². The molecular weight excluding hydrogens is 256 g/mol. The molecule has 5 heteroatoms. The molecule has 106 valence electrons. The minimum Gasteiger partial charge on any atom is -0.356 e. The van der Waals surface area contributed by atoms with Crippen LogP contribution < -0.4 is 10.6 Å². The number of hydrogen-bond donors (Lipinski definition) is 2. The average molecular weight is 274 g/mol. The number of carbonyl (C=O) groups excluding carboxylic acids is 3. The Hall–Kier alpha value is -2.43. The van der Waals surface area contributed by atoms with Crippen molar-refractivity contribution in [1.82, 2.24) is 10.6 Å². The maximum absolute atomic E-state index is 11.5. The Bertz CT molecular complexity index is 495. The van der Waals surface area contributed by atoms with E-state index in [1.54, 1.807) is 6.08 Å². The third-order valence-electron chi connectivity index (χ3n) is 2.46. The van der Waals surface area contributed by atoms with Crippen LogP contribution in [0.2, 0.25) is 0 Å². The first-order valence-corrected chi connectivity index (χ1v) is 6.45. The predicted molar refractivity (Wildman–Crippen MR) is 76.8 cm³/mol.